The Kier molecular flexibility index (Phi) is 13.6. The number of nitrogens with zero attached hydrogens (tertiary/aromatic N) is 8. The zero-order valence-electron chi connectivity index (χ0n) is 27.2. The first-order valence-electron chi connectivity index (χ1n) is 15.0. The lowest BCUT2D eigenvalue weighted by molar-refractivity contribution is 0.0526. The number of aryl methyl sites for hydroxylation is 1. The molecule has 1 unspecified atom stereocenters. The zero-order valence-corrected chi connectivity index (χ0v) is 28.0. The topological polar surface area (TPSA) is 151 Å². The molecule has 0 saturated heterocycles. The average molecular weight is 641 g/mol. The number of hydrogen-bond donors (Lipinski definition) is 2. The van der Waals surface area contributed by atoms with Crippen LogP contribution in [0.25, 0.3) is 11.4 Å². The minimum Gasteiger partial charge on any atom is -0.494 e. The highest BCUT2D eigenvalue weighted by molar-refractivity contribution is 6.28. The van der Waals surface area contributed by atoms with Gasteiger partial charge in [0.1, 0.15) is 17.7 Å². The van der Waals surface area contributed by atoms with Crippen molar-refractivity contribution in [2.75, 3.05) is 44.4 Å². The van der Waals surface area contributed by atoms with Gasteiger partial charge < -0.3 is 25.4 Å². The van der Waals surface area contributed by atoms with E-state index in [0.717, 1.165) is 31.2 Å². The molecule has 0 spiro atoms. The summed E-state index contributed by atoms with van der Waals surface area (Å²) in [5.74, 6) is 2.11. The molecule has 3 aromatic heterocycles. The van der Waals surface area contributed by atoms with E-state index in [1.54, 1.807) is 37.2 Å². The largest absolute Gasteiger partial charge is 0.494 e. The summed E-state index contributed by atoms with van der Waals surface area (Å²) in [6.45, 7) is 15.4. The second kappa shape index (κ2) is 17.3. The minimum absolute atomic E-state index is 0.00735. The second-order valence-corrected chi connectivity index (χ2v) is 11.4. The van der Waals surface area contributed by atoms with Crippen molar-refractivity contribution in [3.05, 3.63) is 54.0 Å². The van der Waals surface area contributed by atoms with Crippen molar-refractivity contribution in [2.24, 2.45) is 18.9 Å². The Labute approximate surface area is 270 Å². The first-order valence-corrected chi connectivity index (χ1v) is 15.4. The number of carbonyl (C=O) groups excluding carboxylic acids is 1. The third-order valence-corrected chi connectivity index (χ3v) is 6.94. The predicted molar refractivity (Wildman–Crippen MR) is 177 cm³/mol. The van der Waals surface area contributed by atoms with Crippen LogP contribution in [0.2, 0.25) is 5.28 Å². The number of benzene rings is 1. The SMILES string of the molecule is CCC(C)CN(CCn1cc(N)cn1)CC(C)C.CCOC(=O)c1cnc(Cl)nc1Nc1cccc(-c2ncn(C)n2)c1OC. The molecule has 0 radical (unpaired) electrons. The maximum absolute atomic E-state index is 12.2. The third kappa shape index (κ3) is 10.7. The fourth-order valence-electron chi connectivity index (χ4n) is 4.52. The van der Waals surface area contributed by atoms with Gasteiger partial charge in [-0.25, -0.2) is 14.8 Å². The highest BCUT2D eigenvalue weighted by Gasteiger charge is 2.19. The molecule has 0 aliphatic heterocycles. The van der Waals surface area contributed by atoms with Crippen LogP contribution in [0.1, 0.15) is 51.4 Å². The molecule has 244 valence electrons. The van der Waals surface area contributed by atoms with E-state index < -0.39 is 5.97 Å². The van der Waals surface area contributed by atoms with Crippen LogP contribution in [0, 0.1) is 11.8 Å². The number of nitrogens with one attached hydrogen (secondary N) is 1. The third-order valence-electron chi connectivity index (χ3n) is 6.76. The van der Waals surface area contributed by atoms with Crippen molar-refractivity contribution >= 4 is 34.8 Å². The Morgan fingerprint density at radius 3 is 2.53 bits per heavy atom. The van der Waals surface area contributed by atoms with Crippen LogP contribution in [0.4, 0.5) is 17.2 Å². The summed E-state index contributed by atoms with van der Waals surface area (Å²) in [6.07, 6.45) is 7.76. The van der Waals surface area contributed by atoms with Gasteiger partial charge in [0.2, 0.25) is 5.28 Å². The molecule has 3 heterocycles. The van der Waals surface area contributed by atoms with Crippen LogP contribution in [0.15, 0.2) is 43.1 Å². The lowest BCUT2D eigenvalue weighted by Gasteiger charge is -2.26. The Balaban J connectivity index is 0.000000268. The highest BCUT2D eigenvalue weighted by atomic mass is 35.5. The van der Waals surface area contributed by atoms with Gasteiger partial charge in [0, 0.05) is 39.1 Å². The number of hydrogen-bond acceptors (Lipinski definition) is 11. The molecular weight excluding hydrogens is 596 g/mol. The van der Waals surface area contributed by atoms with Gasteiger partial charge in [0.25, 0.3) is 0 Å². The van der Waals surface area contributed by atoms with E-state index in [9.17, 15) is 4.79 Å². The van der Waals surface area contributed by atoms with E-state index in [1.165, 1.54) is 26.3 Å². The number of ether oxygens (including phenoxy) is 2. The van der Waals surface area contributed by atoms with Crippen molar-refractivity contribution in [3.8, 4) is 17.1 Å². The summed E-state index contributed by atoms with van der Waals surface area (Å²) in [6, 6.07) is 5.41. The Morgan fingerprint density at radius 1 is 1.16 bits per heavy atom. The number of methoxy groups -OCH3 is 1. The summed E-state index contributed by atoms with van der Waals surface area (Å²) in [4.78, 5) is 26.9. The minimum atomic E-state index is -0.557. The molecule has 45 heavy (non-hydrogen) atoms. The lowest BCUT2D eigenvalue weighted by Crippen LogP contribution is -2.34. The van der Waals surface area contributed by atoms with Crippen LogP contribution >= 0.6 is 11.6 Å². The van der Waals surface area contributed by atoms with Gasteiger partial charge in [0.15, 0.2) is 11.6 Å². The number of esters is 1. The fourth-order valence-corrected chi connectivity index (χ4v) is 4.66. The zero-order chi connectivity index (χ0) is 32.9. The number of halogens is 1. The highest BCUT2D eigenvalue weighted by Crippen LogP contribution is 2.36. The van der Waals surface area contributed by atoms with Gasteiger partial charge in [-0.05, 0) is 42.5 Å². The van der Waals surface area contributed by atoms with Crippen LogP contribution in [0.3, 0.4) is 0 Å². The molecule has 14 heteroatoms. The Hall–Kier alpha value is -4.23. The van der Waals surface area contributed by atoms with Gasteiger partial charge in [-0.15, -0.1) is 0 Å². The smallest absolute Gasteiger partial charge is 0.343 e. The van der Waals surface area contributed by atoms with E-state index in [4.69, 9.17) is 26.8 Å². The van der Waals surface area contributed by atoms with Gasteiger partial charge in [-0.3, -0.25) is 9.36 Å². The standard InChI is InChI=1S/C17H17ClN6O3.C14H28N4/c1-4-27-16(25)11-8-19-17(18)22-15(11)21-12-7-5-6-10(13(12)26-3)14-20-9-24(2)23-14;1-5-13(4)10-17(9-12(2)3)6-7-18-11-14(15)8-16-18/h5-9H,4H2,1-3H3,(H,19,21,22);8,11-13H,5-7,9-10,15H2,1-4H3. The molecule has 0 bridgehead atoms. The lowest BCUT2D eigenvalue weighted by atomic mass is 10.1. The summed E-state index contributed by atoms with van der Waals surface area (Å²) in [5.41, 5.74) is 7.81. The van der Waals surface area contributed by atoms with E-state index in [-0.39, 0.29) is 23.3 Å². The van der Waals surface area contributed by atoms with Crippen molar-refractivity contribution in [1.82, 2.24) is 39.4 Å². The quantitative estimate of drug-likeness (QED) is 0.136. The monoisotopic (exact) mass is 640 g/mol. The van der Waals surface area contributed by atoms with Crippen molar-refractivity contribution in [1.29, 1.82) is 0 Å². The molecule has 0 saturated carbocycles. The molecular formula is C31H45ClN10O3. The number of para-hydroxylation sites is 1. The summed E-state index contributed by atoms with van der Waals surface area (Å²) < 4.78 is 14.1. The van der Waals surface area contributed by atoms with Crippen molar-refractivity contribution < 1.29 is 14.3 Å². The van der Waals surface area contributed by atoms with Gasteiger partial charge in [0.05, 0.1) is 43.4 Å². The average Bonchev–Trinajstić information content (AvgIpc) is 3.63. The predicted octanol–water partition coefficient (Wildman–Crippen LogP) is 5.32. The number of carbonyl (C=O) groups is 1. The molecule has 4 aromatic rings. The van der Waals surface area contributed by atoms with Gasteiger partial charge >= 0.3 is 5.97 Å². The van der Waals surface area contributed by atoms with Gasteiger partial charge in [-0.2, -0.15) is 15.2 Å². The van der Waals surface area contributed by atoms with Crippen LogP contribution in [-0.4, -0.2) is 78.7 Å². The number of aromatic nitrogens is 7. The van der Waals surface area contributed by atoms with Crippen molar-refractivity contribution in [2.45, 2.75) is 47.6 Å². The first-order chi connectivity index (χ1) is 21.5. The molecule has 4 rings (SSSR count). The normalized spacial score (nSPS) is 11.7. The van der Waals surface area contributed by atoms with Crippen LogP contribution < -0.4 is 15.8 Å². The van der Waals surface area contributed by atoms with Crippen LogP contribution in [0.5, 0.6) is 5.75 Å². The Bertz CT molecular complexity index is 1510. The van der Waals surface area contributed by atoms with Gasteiger partial charge in [-0.1, -0.05) is 40.2 Å². The van der Waals surface area contributed by atoms with E-state index in [0.29, 0.717) is 28.7 Å². The molecule has 0 amide bonds. The maximum Gasteiger partial charge on any atom is 0.343 e. The molecule has 0 aliphatic carbocycles. The second-order valence-electron chi connectivity index (χ2n) is 11.1. The molecule has 13 nitrogen and oxygen atoms in total. The summed E-state index contributed by atoms with van der Waals surface area (Å²) in [5, 5.41) is 11.6. The summed E-state index contributed by atoms with van der Waals surface area (Å²) in [7, 11) is 3.31. The molecule has 1 atom stereocenters. The van der Waals surface area contributed by atoms with Crippen molar-refractivity contribution in [3.63, 3.8) is 0 Å². The number of nitrogen functional groups attached to an aromatic ring is 1. The number of anilines is 3. The molecule has 3 N–H and O–H groups in total. The maximum atomic E-state index is 12.2. The first kappa shape index (κ1) is 35.3. The van der Waals surface area contributed by atoms with E-state index in [2.05, 4.69) is 63.1 Å². The number of nitrogens with two attached hydrogens (primary N) is 1. The number of rotatable bonds is 14. The van der Waals surface area contributed by atoms with E-state index in [1.807, 2.05) is 23.0 Å². The molecule has 1 aromatic carbocycles. The molecule has 0 fully saturated rings. The molecule has 0 aliphatic rings. The Morgan fingerprint density at radius 2 is 1.93 bits per heavy atom. The fraction of sp³-hybridized carbons (Fsp3) is 0.484. The summed E-state index contributed by atoms with van der Waals surface area (Å²) >= 11 is 5.90. The van der Waals surface area contributed by atoms with Crippen LogP contribution in [-0.2, 0) is 18.3 Å². The van der Waals surface area contributed by atoms with E-state index >= 15 is 0 Å².